The largest absolute Gasteiger partial charge is 0.503 e. The monoisotopic (exact) mass is 281 g/mol. The minimum Gasteiger partial charge on any atom is -0.503 e. The van der Waals surface area contributed by atoms with Crippen LogP contribution in [0.25, 0.3) is 0 Å². The van der Waals surface area contributed by atoms with Gasteiger partial charge in [0.1, 0.15) is 0 Å². The van der Waals surface area contributed by atoms with Gasteiger partial charge in [-0.15, -0.1) is 0 Å². The minimum atomic E-state index is -0.414. The summed E-state index contributed by atoms with van der Waals surface area (Å²) >= 11 is 0. The zero-order valence-corrected chi connectivity index (χ0v) is 12.2. The maximum absolute atomic E-state index is 11.8. The lowest BCUT2D eigenvalue weighted by molar-refractivity contribution is 0.143. The van der Waals surface area contributed by atoms with Crippen LogP contribution in [0, 0.1) is 0 Å². The van der Waals surface area contributed by atoms with Crippen molar-refractivity contribution < 1.29 is 10.2 Å². The first-order valence-electron chi connectivity index (χ1n) is 7.03. The fourth-order valence-electron chi connectivity index (χ4n) is 2.64. The molecule has 20 heavy (non-hydrogen) atoms. The number of piperazine rings is 1. The molecule has 0 atom stereocenters. The van der Waals surface area contributed by atoms with E-state index in [1.54, 1.807) is 0 Å². The second-order valence-corrected chi connectivity index (χ2v) is 5.28. The van der Waals surface area contributed by atoms with Gasteiger partial charge in [0.05, 0.1) is 12.3 Å². The van der Waals surface area contributed by atoms with Crippen molar-refractivity contribution in [3.63, 3.8) is 0 Å². The molecular weight excluding hydrogens is 258 g/mol. The number of hydrogen-bond donors (Lipinski definition) is 2. The van der Waals surface area contributed by atoms with Crippen LogP contribution in [0.15, 0.2) is 10.9 Å². The zero-order valence-electron chi connectivity index (χ0n) is 12.2. The fourth-order valence-corrected chi connectivity index (χ4v) is 2.64. The molecule has 6 nitrogen and oxygen atoms in total. The molecule has 6 heteroatoms. The Labute approximate surface area is 118 Å². The Morgan fingerprint density at radius 1 is 1.25 bits per heavy atom. The topological polar surface area (TPSA) is 68.9 Å². The SMILES string of the molecule is CCn1c(CO)cc(=O)c(O)c1CN1CCN(C)CC1. The molecule has 0 aromatic carbocycles. The Bertz CT molecular complexity index is 519. The van der Waals surface area contributed by atoms with Crippen LogP contribution in [0.4, 0.5) is 0 Å². The number of aromatic hydroxyl groups is 1. The van der Waals surface area contributed by atoms with E-state index in [9.17, 15) is 15.0 Å². The highest BCUT2D eigenvalue weighted by Crippen LogP contribution is 2.18. The molecular formula is C14H23N3O3. The standard InChI is InChI=1S/C14H23N3O3/c1-3-17-11(10-18)8-13(19)14(20)12(17)9-16-6-4-15(2)5-7-16/h8,18,20H,3-7,9-10H2,1-2H3. The zero-order chi connectivity index (χ0) is 14.7. The Balaban J connectivity index is 2.30. The highest BCUT2D eigenvalue weighted by molar-refractivity contribution is 5.30. The van der Waals surface area contributed by atoms with Gasteiger partial charge >= 0.3 is 0 Å². The van der Waals surface area contributed by atoms with Crippen LogP contribution >= 0.6 is 0 Å². The van der Waals surface area contributed by atoms with Gasteiger partial charge in [0.15, 0.2) is 5.75 Å². The molecule has 1 aromatic rings. The van der Waals surface area contributed by atoms with Crippen molar-refractivity contribution in [2.24, 2.45) is 0 Å². The lowest BCUT2D eigenvalue weighted by Crippen LogP contribution is -2.44. The number of likely N-dealkylation sites (N-methyl/N-ethyl adjacent to an activating group) is 1. The fraction of sp³-hybridized carbons (Fsp3) is 0.643. The average Bonchev–Trinajstić information content (AvgIpc) is 2.45. The Morgan fingerprint density at radius 2 is 1.90 bits per heavy atom. The van der Waals surface area contributed by atoms with Gasteiger partial charge in [0, 0.05) is 51.0 Å². The number of rotatable bonds is 4. The number of hydrogen-bond acceptors (Lipinski definition) is 5. The van der Waals surface area contributed by atoms with Crippen molar-refractivity contribution in [2.75, 3.05) is 33.2 Å². The van der Waals surface area contributed by atoms with E-state index in [0.717, 1.165) is 26.2 Å². The molecule has 0 bridgehead atoms. The third-order valence-electron chi connectivity index (χ3n) is 3.92. The summed E-state index contributed by atoms with van der Waals surface area (Å²) < 4.78 is 1.83. The Hall–Kier alpha value is -1.37. The second kappa shape index (κ2) is 6.39. The van der Waals surface area contributed by atoms with Gasteiger partial charge in [0.25, 0.3) is 0 Å². The number of aliphatic hydroxyl groups is 1. The summed E-state index contributed by atoms with van der Waals surface area (Å²) in [6.07, 6.45) is 0. The van der Waals surface area contributed by atoms with E-state index in [1.165, 1.54) is 6.07 Å². The third-order valence-corrected chi connectivity index (χ3v) is 3.92. The first-order valence-corrected chi connectivity index (χ1v) is 7.03. The predicted molar refractivity (Wildman–Crippen MR) is 76.7 cm³/mol. The molecule has 112 valence electrons. The smallest absolute Gasteiger partial charge is 0.223 e. The summed E-state index contributed by atoms with van der Waals surface area (Å²) in [7, 11) is 2.09. The van der Waals surface area contributed by atoms with Crippen molar-refractivity contribution >= 4 is 0 Å². The molecule has 1 aliphatic heterocycles. The van der Waals surface area contributed by atoms with Crippen LogP contribution in [0.5, 0.6) is 5.75 Å². The summed E-state index contributed by atoms with van der Waals surface area (Å²) in [6, 6.07) is 1.31. The number of aliphatic hydroxyl groups excluding tert-OH is 1. The quantitative estimate of drug-likeness (QED) is 0.801. The lowest BCUT2D eigenvalue weighted by Gasteiger charge is -2.33. The van der Waals surface area contributed by atoms with Crippen molar-refractivity contribution in [1.29, 1.82) is 0 Å². The van der Waals surface area contributed by atoms with E-state index in [2.05, 4.69) is 16.8 Å². The predicted octanol–water partition coefficient (Wildman–Crippen LogP) is -0.186. The molecule has 1 saturated heterocycles. The summed E-state index contributed by atoms with van der Waals surface area (Å²) in [5.74, 6) is -0.192. The normalized spacial score (nSPS) is 17.6. The molecule has 0 radical (unpaired) electrons. The van der Waals surface area contributed by atoms with E-state index in [4.69, 9.17) is 0 Å². The summed E-state index contributed by atoms with van der Waals surface area (Å²) in [6.45, 7) is 6.70. The highest BCUT2D eigenvalue weighted by atomic mass is 16.3. The van der Waals surface area contributed by atoms with E-state index in [1.807, 2.05) is 11.5 Å². The number of pyridine rings is 1. The van der Waals surface area contributed by atoms with E-state index in [0.29, 0.717) is 24.5 Å². The Morgan fingerprint density at radius 3 is 2.45 bits per heavy atom. The van der Waals surface area contributed by atoms with Gasteiger partial charge in [-0.1, -0.05) is 0 Å². The molecule has 1 fully saturated rings. The van der Waals surface area contributed by atoms with Gasteiger partial charge in [0.2, 0.25) is 5.43 Å². The van der Waals surface area contributed by atoms with Gasteiger partial charge in [-0.3, -0.25) is 9.69 Å². The van der Waals surface area contributed by atoms with Crippen LogP contribution in [0.1, 0.15) is 18.3 Å². The number of nitrogens with zero attached hydrogens (tertiary/aromatic N) is 3. The molecule has 2 rings (SSSR count). The first kappa shape index (κ1) is 15.0. The van der Waals surface area contributed by atoms with Gasteiger partial charge < -0.3 is 19.7 Å². The van der Waals surface area contributed by atoms with E-state index >= 15 is 0 Å². The first-order chi connectivity index (χ1) is 9.56. The molecule has 1 aromatic heterocycles. The highest BCUT2D eigenvalue weighted by Gasteiger charge is 2.19. The molecule has 0 saturated carbocycles. The maximum Gasteiger partial charge on any atom is 0.223 e. The van der Waals surface area contributed by atoms with Gasteiger partial charge in [-0.25, -0.2) is 0 Å². The van der Waals surface area contributed by atoms with E-state index in [-0.39, 0.29) is 12.4 Å². The Kier molecular flexibility index (Phi) is 4.80. The van der Waals surface area contributed by atoms with Crippen LogP contribution in [0.2, 0.25) is 0 Å². The van der Waals surface area contributed by atoms with Crippen molar-refractivity contribution in [3.05, 3.63) is 27.7 Å². The van der Waals surface area contributed by atoms with E-state index < -0.39 is 5.43 Å². The molecule has 0 spiro atoms. The molecule has 0 aliphatic carbocycles. The lowest BCUT2D eigenvalue weighted by atomic mass is 10.2. The van der Waals surface area contributed by atoms with Crippen LogP contribution in [-0.4, -0.2) is 57.8 Å². The maximum atomic E-state index is 11.8. The van der Waals surface area contributed by atoms with Crippen molar-refractivity contribution in [1.82, 2.24) is 14.4 Å². The van der Waals surface area contributed by atoms with Gasteiger partial charge in [-0.05, 0) is 14.0 Å². The molecule has 0 amide bonds. The molecule has 0 unspecified atom stereocenters. The average molecular weight is 281 g/mol. The molecule has 1 aliphatic rings. The molecule has 2 N–H and O–H groups in total. The van der Waals surface area contributed by atoms with Gasteiger partial charge in [-0.2, -0.15) is 0 Å². The summed E-state index contributed by atoms with van der Waals surface area (Å²) in [4.78, 5) is 16.3. The second-order valence-electron chi connectivity index (χ2n) is 5.28. The minimum absolute atomic E-state index is 0.192. The molecule has 2 heterocycles. The van der Waals surface area contributed by atoms with Crippen LogP contribution in [-0.2, 0) is 19.7 Å². The number of aromatic nitrogens is 1. The van der Waals surface area contributed by atoms with Crippen LogP contribution < -0.4 is 5.43 Å². The third kappa shape index (κ3) is 3.03. The van der Waals surface area contributed by atoms with Crippen molar-refractivity contribution in [3.8, 4) is 5.75 Å². The summed E-state index contributed by atoms with van der Waals surface area (Å²) in [5, 5.41) is 19.4. The van der Waals surface area contributed by atoms with Crippen LogP contribution in [0.3, 0.4) is 0 Å². The van der Waals surface area contributed by atoms with Crippen molar-refractivity contribution in [2.45, 2.75) is 26.6 Å². The summed E-state index contributed by atoms with van der Waals surface area (Å²) in [5.41, 5.74) is 0.746.